The molecule has 1 heterocycles. The van der Waals surface area contributed by atoms with Crippen molar-refractivity contribution in [2.24, 2.45) is 0 Å². The van der Waals surface area contributed by atoms with E-state index >= 15 is 0 Å². The summed E-state index contributed by atoms with van der Waals surface area (Å²) < 4.78 is 0. The number of benzene rings is 2. The Labute approximate surface area is 123 Å². The fourth-order valence-corrected chi connectivity index (χ4v) is 2.43. The highest BCUT2D eigenvalue weighted by Crippen LogP contribution is 2.24. The third-order valence-electron chi connectivity index (χ3n) is 3.44. The smallest absolute Gasteiger partial charge is 0.159 e. The number of aliphatic hydroxyl groups excluding tert-OH is 1. The van der Waals surface area contributed by atoms with Crippen molar-refractivity contribution < 1.29 is 5.11 Å². The Bertz CT molecular complexity index is 710. The molecule has 0 fully saturated rings. The molecule has 1 N–H and O–H groups in total. The second-order valence-corrected chi connectivity index (χ2v) is 4.89. The van der Waals surface area contributed by atoms with Gasteiger partial charge >= 0.3 is 0 Å². The molecule has 1 aromatic heterocycles. The van der Waals surface area contributed by atoms with Crippen molar-refractivity contribution in [2.45, 2.75) is 6.54 Å². The van der Waals surface area contributed by atoms with Crippen LogP contribution in [0.1, 0.15) is 5.56 Å². The van der Waals surface area contributed by atoms with Crippen LogP contribution >= 0.6 is 0 Å². The number of hydrogen-bond acceptors (Lipinski definition) is 4. The maximum absolute atomic E-state index is 9.36. The molecule has 0 radical (unpaired) electrons. The highest BCUT2D eigenvalue weighted by atomic mass is 16.3. The van der Waals surface area contributed by atoms with E-state index in [2.05, 4.69) is 27.2 Å². The van der Waals surface area contributed by atoms with Crippen molar-refractivity contribution in [3.05, 3.63) is 66.4 Å². The van der Waals surface area contributed by atoms with Crippen molar-refractivity contribution in [2.75, 3.05) is 18.1 Å². The predicted molar refractivity (Wildman–Crippen MR) is 84.1 cm³/mol. The SMILES string of the molecule is OCCN(Cc1ccccc1)c1nncc2ccccc12. The highest BCUT2D eigenvalue weighted by Gasteiger charge is 2.12. The van der Waals surface area contributed by atoms with Crippen LogP contribution in [0, 0.1) is 0 Å². The van der Waals surface area contributed by atoms with E-state index < -0.39 is 0 Å². The molecule has 2 aromatic carbocycles. The van der Waals surface area contributed by atoms with E-state index in [4.69, 9.17) is 0 Å². The standard InChI is InChI=1S/C17H17N3O/c21-11-10-20(13-14-6-2-1-3-7-14)17-16-9-5-4-8-15(16)12-18-19-17/h1-9,12,21H,10-11,13H2. The fourth-order valence-electron chi connectivity index (χ4n) is 2.43. The summed E-state index contributed by atoms with van der Waals surface area (Å²) in [5.74, 6) is 0.811. The Morgan fingerprint density at radius 1 is 0.952 bits per heavy atom. The monoisotopic (exact) mass is 279 g/mol. The van der Waals surface area contributed by atoms with E-state index in [9.17, 15) is 5.11 Å². The van der Waals surface area contributed by atoms with Gasteiger partial charge in [-0.15, -0.1) is 5.10 Å². The number of rotatable bonds is 5. The molecule has 4 nitrogen and oxygen atoms in total. The highest BCUT2D eigenvalue weighted by molar-refractivity contribution is 5.91. The zero-order chi connectivity index (χ0) is 14.5. The van der Waals surface area contributed by atoms with E-state index in [1.54, 1.807) is 6.20 Å². The van der Waals surface area contributed by atoms with Crippen LogP contribution in [0.4, 0.5) is 5.82 Å². The van der Waals surface area contributed by atoms with Crippen LogP contribution in [-0.2, 0) is 6.54 Å². The number of nitrogens with zero attached hydrogens (tertiary/aromatic N) is 3. The van der Waals surface area contributed by atoms with Gasteiger partial charge in [0.1, 0.15) is 0 Å². The van der Waals surface area contributed by atoms with Gasteiger partial charge in [0.15, 0.2) is 5.82 Å². The van der Waals surface area contributed by atoms with Gasteiger partial charge in [-0.25, -0.2) is 0 Å². The van der Waals surface area contributed by atoms with Crippen molar-refractivity contribution in [1.29, 1.82) is 0 Å². The molecule has 0 amide bonds. The lowest BCUT2D eigenvalue weighted by molar-refractivity contribution is 0.301. The van der Waals surface area contributed by atoms with Gasteiger partial charge in [0.25, 0.3) is 0 Å². The molecule has 3 aromatic rings. The summed E-state index contributed by atoms with van der Waals surface area (Å²) in [6.07, 6.45) is 1.76. The van der Waals surface area contributed by atoms with Crippen LogP contribution in [0.2, 0.25) is 0 Å². The number of aliphatic hydroxyl groups is 1. The molecular weight excluding hydrogens is 262 g/mol. The molecule has 0 bridgehead atoms. The first-order chi connectivity index (χ1) is 10.4. The summed E-state index contributed by atoms with van der Waals surface area (Å²) in [7, 11) is 0. The topological polar surface area (TPSA) is 49.2 Å². The molecule has 0 saturated heterocycles. The maximum atomic E-state index is 9.36. The fraction of sp³-hybridized carbons (Fsp3) is 0.176. The first-order valence-electron chi connectivity index (χ1n) is 6.98. The van der Waals surface area contributed by atoms with Crippen LogP contribution in [0.15, 0.2) is 60.8 Å². The summed E-state index contributed by atoms with van der Waals surface area (Å²) >= 11 is 0. The minimum atomic E-state index is 0.0811. The Kier molecular flexibility index (Phi) is 4.07. The zero-order valence-corrected chi connectivity index (χ0v) is 11.7. The van der Waals surface area contributed by atoms with Gasteiger partial charge < -0.3 is 10.0 Å². The van der Waals surface area contributed by atoms with Gasteiger partial charge in [-0.2, -0.15) is 5.10 Å². The van der Waals surface area contributed by atoms with Gasteiger partial charge in [0, 0.05) is 23.9 Å². The molecule has 3 rings (SSSR count). The Balaban J connectivity index is 1.99. The lowest BCUT2D eigenvalue weighted by atomic mass is 10.1. The van der Waals surface area contributed by atoms with Crippen LogP contribution in [0.5, 0.6) is 0 Å². The first-order valence-corrected chi connectivity index (χ1v) is 6.98. The number of fused-ring (bicyclic) bond motifs is 1. The second kappa shape index (κ2) is 6.33. The molecule has 21 heavy (non-hydrogen) atoms. The average Bonchev–Trinajstić information content (AvgIpc) is 2.55. The predicted octanol–water partition coefficient (Wildman–Crippen LogP) is 2.63. The molecule has 0 aliphatic carbocycles. The van der Waals surface area contributed by atoms with Crippen molar-refractivity contribution >= 4 is 16.6 Å². The quantitative estimate of drug-likeness (QED) is 0.780. The molecule has 4 heteroatoms. The van der Waals surface area contributed by atoms with Crippen LogP contribution < -0.4 is 4.90 Å². The van der Waals surface area contributed by atoms with Crippen LogP contribution in [-0.4, -0.2) is 28.5 Å². The summed E-state index contributed by atoms with van der Waals surface area (Å²) in [4.78, 5) is 2.06. The molecule has 0 aliphatic rings. The minimum absolute atomic E-state index is 0.0811. The van der Waals surface area contributed by atoms with Gasteiger partial charge in [-0.1, -0.05) is 54.6 Å². The van der Waals surface area contributed by atoms with E-state index in [1.165, 1.54) is 5.56 Å². The largest absolute Gasteiger partial charge is 0.395 e. The van der Waals surface area contributed by atoms with E-state index in [-0.39, 0.29) is 6.61 Å². The van der Waals surface area contributed by atoms with E-state index in [1.807, 2.05) is 42.5 Å². The normalized spacial score (nSPS) is 10.7. The molecule has 0 aliphatic heterocycles. The minimum Gasteiger partial charge on any atom is -0.395 e. The zero-order valence-electron chi connectivity index (χ0n) is 11.7. The Hall–Kier alpha value is -2.46. The molecule has 0 atom stereocenters. The van der Waals surface area contributed by atoms with Gasteiger partial charge in [-0.3, -0.25) is 0 Å². The third-order valence-corrected chi connectivity index (χ3v) is 3.44. The summed E-state index contributed by atoms with van der Waals surface area (Å²) in [5, 5.41) is 19.8. The first kappa shape index (κ1) is 13.5. The summed E-state index contributed by atoms with van der Waals surface area (Å²) in [5.41, 5.74) is 1.18. The average molecular weight is 279 g/mol. The molecule has 106 valence electrons. The lowest BCUT2D eigenvalue weighted by Gasteiger charge is -2.23. The van der Waals surface area contributed by atoms with E-state index in [0.29, 0.717) is 13.1 Å². The van der Waals surface area contributed by atoms with Gasteiger partial charge in [0.2, 0.25) is 0 Å². The third kappa shape index (κ3) is 3.01. The number of aromatic nitrogens is 2. The molecular formula is C17H17N3O. The van der Waals surface area contributed by atoms with Crippen molar-refractivity contribution in [3.8, 4) is 0 Å². The van der Waals surface area contributed by atoms with Crippen LogP contribution in [0.25, 0.3) is 10.8 Å². The maximum Gasteiger partial charge on any atom is 0.159 e. The van der Waals surface area contributed by atoms with Crippen LogP contribution in [0.3, 0.4) is 0 Å². The summed E-state index contributed by atoms with van der Waals surface area (Å²) in [6.45, 7) is 1.30. The second-order valence-electron chi connectivity index (χ2n) is 4.89. The summed E-state index contributed by atoms with van der Waals surface area (Å²) in [6, 6.07) is 18.2. The van der Waals surface area contributed by atoms with Crippen molar-refractivity contribution in [3.63, 3.8) is 0 Å². The molecule has 0 saturated carbocycles. The molecule has 0 unspecified atom stereocenters. The van der Waals surface area contributed by atoms with Crippen molar-refractivity contribution in [1.82, 2.24) is 10.2 Å². The molecule has 0 spiro atoms. The Morgan fingerprint density at radius 2 is 1.71 bits per heavy atom. The van der Waals surface area contributed by atoms with Gasteiger partial charge in [-0.05, 0) is 5.56 Å². The number of anilines is 1. The Morgan fingerprint density at radius 3 is 2.52 bits per heavy atom. The van der Waals surface area contributed by atoms with Gasteiger partial charge in [0.05, 0.1) is 12.8 Å². The van der Waals surface area contributed by atoms with E-state index in [0.717, 1.165) is 16.6 Å². The number of hydrogen-bond donors (Lipinski definition) is 1. The lowest BCUT2D eigenvalue weighted by Crippen LogP contribution is -2.27.